The number of hydrogen-bond donors (Lipinski definition) is 1. The molecule has 2 aromatic rings. The molecule has 0 bridgehead atoms. The molecule has 0 unspecified atom stereocenters. The summed E-state index contributed by atoms with van der Waals surface area (Å²) in [5, 5.41) is 3.53. The van der Waals surface area contributed by atoms with Crippen LogP contribution in [-0.2, 0) is 13.0 Å². The van der Waals surface area contributed by atoms with Crippen molar-refractivity contribution in [3.05, 3.63) is 48.0 Å². The van der Waals surface area contributed by atoms with Crippen molar-refractivity contribution in [2.45, 2.75) is 31.8 Å². The maximum absolute atomic E-state index is 5.41. The molecule has 1 aromatic carbocycles. The monoisotopic (exact) mass is 271 g/mol. The summed E-state index contributed by atoms with van der Waals surface area (Å²) in [6.45, 7) is 2.05. The van der Waals surface area contributed by atoms with Crippen molar-refractivity contribution in [3.8, 4) is 5.75 Å². The molecule has 2 heterocycles. The van der Waals surface area contributed by atoms with Crippen LogP contribution in [0.15, 0.2) is 36.8 Å². The Hall–Kier alpha value is -1.81. The number of para-hydroxylation sites is 1. The molecule has 0 saturated carbocycles. The summed E-state index contributed by atoms with van der Waals surface area (Å²) in [4.78, 5) is 4.31. The summed E-state index contributed by atoms with van der Waals surface area (Å²) < 4.78 is 7.67. The average Bonchev–Trinajstić information content (AvgIpc) is 3.15. The SMILES string of the molecule is COc1ccccc1CCn1cncc1[C@@H]1CCCN1. The topological polar surface area (TPSA) is 39.1 Å². The minimum absolute atomic E-state index is 0.468. The fraction of sp³-hybridized carbons (Fsp3) is 0.438. The predicted octanol–water partition coefficient (Wildman–Crippen LogP) is 2.56. The van der Waals surface area contributed by atoms with E-state index in [1.807, 2.05) is 24.7 Å². The van der Waals surface area contributed by atoms with Gasteiger partial charge in [0.1, 0.15) is 5.75 Å². The third-order valence-electron chi connectivity index (χ3n) is 3.98. The lowest BCUT2D eigenvalue weighted by Gasteiger charge is -2.14. The Kier molecular flexibility index (Phi) is 4.02. The van der Waals surface area contributed by atoms with Gasteiger partial charge in [-0.3, -0.25) is 0 Å². The molecule has 0 spiro atoms. The van der Waals surface area contributed by atoms with Crippen molar-refractivity contribution >= 4 is 0 Å². The molecule has 106 valence electrons. The summed E-state index contributed by atoms with van der Waals surface area (Å²) >= 11 is 0. The number of ether oxygens (including phenoxy) is 1. The Bertz CT molecular complexity index is 558. The second-order valence-electron chi connectivity index (χ2n) is 5.22. The minimum atomic E-state index is 0.468. The van der Waals surface area contributed by atoms with Crippen molar-refractivity contribution in [1.82, 2.24) is 14.9 Å². The highest BCUT2D eigenvalue weighted by atomic mass is 16.5. The van der Waals surface area contributed by atoms with Gasteiger partial charge in [-0.2, -0.15) is 0 Å². The van der Waals surface area contributed by atoms with E-state index in [9.17, 15) is 0 Å². The zero-order valence-electron chi connectivity index (χ0n) is 11.9. The van der Waals surface area contributed by atoms with Crippen molar-refractivity contribution in [2.24, 2.45) is 0 Å². The molecular formula is C16H21N3O. The van der Waals surface area contributed by atoms with Gasteiger partial charge in [0.15, 0.2) is 0 Å². The lowest BCUT2D eigenvalue weighted by atomic mass is 10.1. The number of hydrogen-bond acceptors (Lipinski definition) is 3. The second kappa shape index (κ2) is 6.09. The lowest BCUT2D eigenvalue weighted by molar-refractivity contribution is 0.408. The molecule has 1 fully saturated rings. The average molecular weight is 271 g/mol. The van der Waals surface area contributed by atoms with Crippen LogP contribution in [0.25, 0.3) is 0 Å². The summed E-state index contributed by atoms with van der Waals surface area (Å²) in [7, 11) is 1.73. The quantitative estimate of drug-likeness (QED) is 0.908. The molecule has 0 aliphatic carbocycles. The molecule has 1 N–H and O–H groups in total. The van der Waals surface area contributed by atoms with E-state index in [-0.39, 0.29) is 0 Å². The van der Waals surface area contributed by atoms with E-state index in [0.29, 0.717) is 6.04 Å². The van der Waals surface area contributed by atoms with E-state index in [2.05, 4.69) is 27.0 Å². The van der Waals surface area contributed by atoms with Crippen LogP contribution in [0.4, 0.5) is 0 Å². The van der Waals surface area contributed by atoms with E-state index in [0.717, 1.165) is 25.3 Å². The third-order valence-corrected chi connectivity index (χ3v) is 3.98. The standard InChI is InChI=1S/C16H21N3O/c1-20-16-7-3-2-5-13(16)8-10-19-12-17-11-15(19)14-6-4-9-18-14/h2-3,5,7,11-12,14,18H,4,6,8-10H2,1H3/t14-/m0/s1. The third kappa shape index (κ3) is 2.70. The zero-order valence-corrected chi connectivity index (χ0v) is 11.9. The molecule has 4 nitrogen and oxygen atoms in total. The number of rotatable bonds is 5. The van der Waals surface area contributed by atoms with Crippen molar-refractivity contribution in [3.63, 3.8) is 0 Å². The van der Waals surface area contributed by atoms with Gasteiger partial charge in [0, 0.05) is 18.8 Å². The van der Waals surface area contributed by atoms with Crippen LogP contribution in [0.2, 0.25) is 0 Å². The summed E-state index contributed by atoms with van der Waals surface area (Å²) in [5.74, 6) is 0.966. The number of nitrogens with zero attached hydrogens (tertiary/aromatic N) is 2. The Morgan fingerprint density at radius 2 is 2.30 bits per heavy atom. The highest BCUT2D eigenvalue weighted by Gasteiger charge is 2.19. The highest BCUT2D eigenvalue weighted by Crippen LogP contribution is 2.24. The molecule has 0 amide bonds. The molecule has 1 aliphatic heterocycles. The van der Waals surface area contributed by atoms with Gasteiger partial charge in [-0.25, -0.2) is 4.98 Å². The van der Waals surface area contributed by atoms with Crippen molar-refractivity contribution in [2.75, 3.05) is 13.7 Å². The lowest BCUT2D eigenvalue weighted by Crippen LogP contribution is -2.17. The number of benzene rings is 1. The molecule has 1 saturated heterocycles. The number of aryl methyl sites for hydroxylation is 2. The largest absolute Gasteiger partial charge is 0.496 e. The van der Waals surface area contributed by atoms with Crippen LogP contribution >= 0.6 is 0 Å². The van der Waals surface area contributed by atoms with Crippen LogP contribution < -0.4 is 10.1 Å². The molecule has 1 aliphatic rings. The van der Waals surface area contributed by atoms with Gasteiger partial charge in [-0.1, -0.05) is 18.2 Å². The Labute approximate surface area is 119 Å². The van der Waals surface area contributed by atoms with Gasteiger partial charge >= 0.3 is 0 Å². The first-order chi connectivity index (χ1) is 9.88. The molecule has 1 atom stereocenters. The first kappa shape index (κ1) is 13.2. The summed E-state index contributed by atoms with van der Waals surface area (Å²) in [6, 6.07) is 8.68. The van der Waals surface area contributed by atoms with Crippen LogP contribution in [-0.4, -0.2) is 23.2 Å². The Balaban J connectivity index is 1.71. The van der Waals surface area contributed by atoms with Gasteiger partial charge in [0.2, 0.25) is 0 Å². The maximum Gasteiger partial charge on any atom is 0.122 e. The number of aromatic nitrogens is 2. The number of imidazole rings is 1. The normalized spacial score (nSPS) is 18.4. The molecule has 20 heavy (non-hydrogen) atoms. The van der Waals surface area contributed by atoms with E-state index in [1.54, 1.807) is 7.11 Å². The molecule has 1 aromatic heterocycles. The number of methoxy groups -OCH3 is 1. The molecule has 3 rings (SSSR count). The summed E-state index contributed by atoms with van der Waals surface area (Å²) in [6.07, 6.45) is 7.35. The van der Waals surface area contributed by atoms with Crippen LogP contribution in [0.3, 0.4) is 0 Å². The van der Waals surface area contributed by atoms with Gasteiger partial charge < -0.3 is 14.6 Å². The first-order valence-corrected chi connectivity index (χ1v) is 7.24. The van der Waals surface area contributed by atoms with E-state index < -0.39 is 0 Å². The maximum atomic E-state index is 5.41. The van der Waals surface area contributed by atoms with Crippen LogP contribution in [0.1, 0.15) is 30.1 Å². The molecule has 0 radical (unpaired) electrons. The van der Waals surface area contributed by atoms with E-state index >= 15 is 0 Å². The van der Waals surface area contributed by atoms with Gasteiger partial charge in [0.05, 0.1) is 19.1 Å². The van der Waals surface area contributed by atoms with E-state index in [1.165, 1.54) is 24.1 Å². The fourth-order valence-electron chi connectivity index (χ4n) is 2.90. The highest BCUT2D eigenvalue weighted by molar-refractivity contribution is 5.33. The van der Waals surface area contributed by atoms with Gasteiger partial charge in [-0.05, 0) is 37.4 Å². The van der Waals surface area contributed by atoms with Crippen LogP contribution in [0, 0.1) is 0 Å². The summed E-state index contributed by atoms with van der Waals surface area (Å²) in [5.41, 5.74) is 2.55. The number of nitrogens with one attached hydrogen (secondary N) is 1. The Morgan fingerprint density at radius 3 is 3.10 bits per heavy atom. The van der Waals surface area contributed by atoms with Crippen LogP contribution in [0.5, 0.6) is 5.75 Å². The van der Waals surface area contributed by atoms with E-state index in [4.69, 9.17) is 4.74 Å². The second-order valence-corrected chi connectivity index (χ2v) is 5.22. The van der Waals surface area contributed by atoms with Gasteiger partial charge in [0.25, 0.3) is 0 Å². The predicted molar refractivity (Wildman–Crippen MR) is 78.9 cm³/mol. The Morgan fingerprint density at radius 1 is 1.40 bits per heavy atom. The minimum Gasteiger partial charge on any atom is -0.496 e. The molecular weight excluding hydrogens is 250 g/mol. The first-order valence-electron chi connectivity index (χ1n) is 7.24. The van der Waals surface area contributed by atoms with Gasteiger partial charge in [-0.15, -0.1) is 0 Å². The smallest absolute Gasteiger partial charge is 0.122 e. The zero-order chi connectivity index (χ0) is 13.8. The molecule has 4 heteroatoms. The van der Waals surface area contributed by atoms with Crippen molar-refractivity contribution in [1.29, 1.82) is 0 Å². The van der Waals surface area contributed by atoms with Crippen molar-refractivity contribution < 1.29 is 4.74 Å². The fourth-order valence-corrected chi connectivity index (χ4v) is 2.90.